The van der Waals surface area contributed by atoms with Crippen molar-refractivity contribution < 1.29 is 23.8 Å². The monoisotopic (exact) mass is 391 g/mol. The Balaban J connectivity index is 1.57. The van der Waals surface area contributed by atoms with Gasteiger partial charge < -0.3 is 19.5 Å². The van der Waals surface area contributed by atoms with Crippen LogP contribution in [0.15, 0.2) is 78.9 Å². The van der Waals surface area contributed by atoms with Gasteiger partial charge in [0.2, 0.25) is 0 Å². The third-order valence-corrected chi connectivity index (χ3v) is 3.87. The molecule has 3 aromatic carbocycles. The van der Waals surface area contributed by atoms with Crippen LogP contribution >= 0.6 is 0 Å². The number of rotatable bonds is 8. The van der Waals surface area contributed by atoms with Crippen molar-refractivity contribution in [3.8, 4) is 17.2 Å². The lowest BCUT2D eigenvalue weighted by Gasteiger charge is -2.12. The first kappa shape index (κ1) is 19.9. The van der Waals surface area contributed by atoms with E-state index in [1.807, 2.05) is 42.5 Å². The Morgan fingerprint density at radius 3 is 2.24 bits per heavy atom. The molecule has 1 amide bonds. The van der Waals surface area contributed by atoms with E-state index >= 15 is 0 Å². The fourth-order valence-electron chi connectivity index (χ4n) is 2.51. The molecule has 0 aliphatic rings. The van der Waals surface area contributed by atoms with E-state index in [1.54, 1.807) is 43.3 Å². The SMILES string of the molecule is CCOC(=O)c1ccc(OCC(=O)Nc2ccccc2Oc2ccccc2)cc1. The molecule has 6 heteroatoms. The smallest absolute Gasteiger partial charge is 0.338 e. The van der Waals surface area contributed by atoms with Gasteiger partial charge in [-0.2, -0.15) is 0 Å². The highest BCUT2D eigenvalue weighted by Gasteiger charge is 2.10. The first-order valence-corrected chi connectivity index (χ1v) is 9.17. The highest BCUT2D eigenvalue weighted by atomic mass is 16.5. The molecule has 0 unspecified atom stereocenters. The third-order valence-electron chi connectivity index (χ3n) is 3.87. The van der Waals surface area contributed by atoms with Gasteiger partial charge in [0.15, 0.2) is 12.4 Å². The van der Waals surface area contributed by atoms with Gasteiger partial charge in [-0.15, -0.1) is 0 Å². The van der Waals surface area contributed by atoms with Gasteiger partial charge in [0.25, 0.3) is 5.91 Å². The average molecular weight is 391 g/mol. The molecule has 0 saturated heterocycles. The first-order chi connectivity index (χ1) is 14.2. The van der Waals surface area contributed by atoms with Crippen molar-refractivity contribution in [2.45, 2.75) is 6.92 Å². The fraction of sp³-hybridized carbons (Fsp3) is 0.130. The Hall–Kier alpha value is -3.80. The zero-order valence-corrected chi connectivity index (χ0v) is 16.0. The summed E-state index contributed by atoms with van der Waals surface area (Å²) >= 11 is 0. The lowest BCUT2D eigenvalue weighted by molar-refractivity contribution is -0.118. The van der Waals surface area contributed by atoms with Crippen molar-refractivity contribution >= 4 is 17.6 Å². The number of hydrogen-bond donors (Lipinski definition) is 1. The molecule has 3 aromatic rings. The number of ether oxygens (including phenoxy) is 3. The molecule has 3 rings (SSSR count). The van der Waals surface area contributed by atoms with Crippen molar-refractivity contribution in [1.29, 1.82) is 0 Å². The highest BCUT2D eigenvalue weighted by molar-refractivity contribution is 5.93. The molecule has 148 valence electrons. The van der Waals surface area contributed by atoms with E-state index in [4.69, 9.17) is 14.2 Å². The van der Waals surface area contributed by atoms with Crippen molar-refractivity contribution in [2.24, 2.45) is 0 Å². The molecule has 0 heterocycles. The second-order valence-electron chi connectivity index (χ2n) is 5.99. The molecule has 0 radical (unpaired) electrons. The molecule has 0 bridgehead atoms. The zero-order valence-electron chi connectivity index (χ0n) is 16.0. The van der Waals surface area contributed by atoms with E-state index in [2.05, 4.69) is 5.32 Å². The summed E-state index contributed by atoms with van der Waals surface area (Å²) in [5, 5.41) is 2.78. The standard InChI is InChI=1S/C23H21NO5/c1-2-27-23(26)17-12-14-18(15-13-17)28-16-22(25)24-20-10-6-7-11-21(20)29-19-8-4-3-5-9-19/h3-15H,2,16H2,1H3,(H,24,25). The van der Waals surface area contributed by atoms with Crippen LogP contribution in [0.4, 0.5) is 5.69 Å². The van der Waals surface area contributed by atoms with E-state index in [0.29, 0.717) is 35.1 Å². The Morgan fingerprint density at radius 1 is 0.828 bits per heavy atom. The molecule has 0 aliphatic carbocycles. The summed E-state index contributed by atoms with van der Waals surface area (Å²) in [7, 11) is 0. The minimum Gasteiger partial charge on any atom is -0.484 e. The fourth-order valence-corrected chi connectivity index (χ4v) is 2.51. The van der Waals surface area contributed by atoms with Crippen LogP contribution < -0.4 is 14.8 Å². The molecular weight excluding hydrogens is 370 g/mol. The van der Waals surface area contributed by atoms with Crippen LogP contribution in [0.5, 0.6) is 17.2 Å². The maximum Gasteiger partial charge on any atom is 0.338 e. The van der Waals surface area contributed by atoms with Crippen LogP contribution in [-0.2, 0) is 9.53 Å². The second kappa shape index (κ2) is 9.94. The maximum absolute atomic E-state index is 12.3. The van der Waals surface area contributed by atoms with E-state index in [9.17, 15) is 9.59 Å². The van der Waals surface area contributed by atoms with Crippen LogP contribution in [0.2, 0.25) is 0 Å². The summed E-state index contributed by atoms with van der Waals surface area (Å²) in [6.45, 7) is 1.88. The lowest BCUT2D eigenvalue weighted by Crippen LogP contribution is -2.20. The summed E-state index contributed by atoms with van der Waals surface area (Å²) in [5.41, 5.74) is 0.971. The summed E-state index contributed by atoms with van der Waals surface area (Å²) < 4.78 is 16.2. The summed E-state index contributed by atoms with van der Waals surface area (Å²) in [4.78, 5) is 23.9. The molecule has 6 nitrogen and oxygen atoms in total. The number of hydrogen-bond acceptors (Lipinski definition) is 5. The number of carbonyl (C=O) groups is 2. The van der Waals surface area contributed by atoms with Crippen LogP contribution in [-0.4, -0.2) is 25.1 Å². The lowest BCUT2D eigenvalue weighted by atomic mass is 10.2. The van der Waals surface area contributed by atoms with Gasteiger partial charge in [-0.3, -0.25) is 4.79 Å². The second-order valence-corrected chi connectivity index (χ2v) is 5.99. The van der Waals surface area contributed by atoms with E-state index in [1.165, 1.54) is 0 Å². The van der Waals surface area contributed by atoms with Gasteiger partial charge >= 0.3 is 5.97 Å². The van der Waals surface area contributed by atoms with Crippen molar-refractivity contribution in [2.75, 3.05) is 18.5 Å². The van der Waals surface area contributed by atoms with Gasteiger partial charge in [-0.25, -0.2) is 4.79 Å². The first-order valence-electron chi connectivity index (χ1n) is 9.17. The Morgan fingerprint density at radius 2 is 1.52 bits per heavy atom. The van der Waals surface area contributed by atoms with Gasteiger partial charge in [-0.05, 0) is 55.5 Å². The van der Waals surface area contributed by atoms with Crippen LogP contribution in [0.25, 0.3) is 0 Å². The summed E-state index contributed by atoms with van der Waals surface area (Å²) in [6.07, 6.45) is 0. The summed E-state index contributed by atoms with van der Waals surface area (Å²) in [6, 6.07) is 22.9. The largest absolute Gasteiger partial charge is 0.484 e. The number of benzene rings is 3. The van der Waals surface area contributed by atoms with Crippen molar-refractivity contribution in [3.63, 3.8) is 0 Å². The maximum atomic E-state index is 12.3. The summed E-state index contributed by atoms with van der Waals surface area (Å²) in [5.74, 6) is 0.954. The zero-order chi connectivity index (χ0) is 20.5. The predicted molar refractivity (Wildman–Crippen MR) is 109 cm³/mol. The molecule has 0 spiro atoms. The molecule has 0 fully saturated rings. The number of para-hydroxylation sites is 3. The highest BCUT2D eigenvalue weighted by Crippen LogP contribution is 2.29. The van der Waals surface area contributed by atoms with Gasteiger partial charge in [0, 0.05) is 0 Å². The molecule has 0 aromatic heterocycles. The number of carbonyl (C=O) groups excluding carboxylic acids is 2. The predicted octanol–water partition coefficient (Wildman–Crippen LogP) is 4.67. The van der Waals surface area contributed by atoms with Gasteiger partial charge in [0.05, 0.1) is 17.9 Å². The van der Waals surface area contributed by atoms with Crippen molar-refractivity contribution in [3.05, 3.63) is 84.4 Å². The minimum absolute atomic E-state index is 0.182. The minimum atomic E-state index is -0.396. The third kappa shape index (κ3) is 5.84. The molecule has 0 aliphatic heterocycles. The molecular formula is C23H21NO5. The topological polar surface area (TPSA) is 73.9 Å². The molecule has 0 saturated carbocycles. The van der Waals surface area contributed by atoms with E-state index < -0.39 is 5.97 Å². The van der Waals surface area contributed by atoms with E-state index in [-0.39, 0.29) is 12.5 Å². The Bertz CT molecular complexity index is 955. The van der Waals surface area contributed by atoms with E-state index in [0.717, 1.165) is 0 Å². The molecule has 29 heavy (non-hydrogen) atoms. The Labute approximate surface area is 169 Å². The van der Waals surface area contributed by atoms with Crippen LogP contribution in [0.3, 0.4) is 0 Å². The average Bonchev–Trinajstić information content (AvgIpc) is 2.75. The van der Waals surface area contributed by atoms with Gasteiger partial charge in [-0.1, -0.05) is 30.3 Å². The van der Waals surface area contributed by atoms with Crippen molar-refractivity contribution in [1.82, 2.24) is 0 Å². The molecule has 1 N–H and O–H groups in total. The van der Waals surface area contributed by atoms with Crippen LogP contribution in [0.1, 0.15) is 17.3 Å². The number of amides is 1. The Kier molecular flexibility index (Phi) is 6.84. The van der Waals surface area contributed by atoms with Crippen LogP contribution in [0, 0.1) is 0 Å². The number of esters is 1. The molecule has 0 atom stereocenters. The van der Waals surface area contributed by atoms with Gasteiger partial charge in [0.1, 0.15) is 11.5 Å². The number of nitrogens with one attached hydrogen (secondary N) is 1. The normalized spacial score (nSPS) is 10.1. The quantitative estimate of drug-likeness (QED) is 0.565. The number of anilines is 1.